The number of amides is 1. The summed E-state index contributed by atoms with van der Waals surface area (Å²) in [7, 11) is 0. The van der Waals surface area contributed by atoms with Crippen molar-refractivity contribution in [3.05, 3.63) is 16.6 Å². The summed E-state index contributed by atoms with van der Waals surface area (Å²) in [6.45, 7) is 5.77. The van der Waals surface area contributed by atoms with Gasteiger partial charge in [-0.2, -0.15) is 0 Å². The first kappa shape index (κ1) is 13.6. The minimum atomic E-state index is -1.10. The second-order valence-corrected chi connectivity index (χ2v) is 5.71. The van der Waals surface area contributed by atoms with Crippen molar-refractivity contribution in [3.63, 3.8) is 0 Å². The van der Waals surface area contributed by atoms with Gasteiger partial charge in [-0.25, -0.2) is 9.78 Å². The van der Waals surface area contributed by atoms with E-state index in [-0.39, 0.29) is 17.7 Å². The molecule has 1 atom stereocenters. The molecule has 6 heteroatoms. The minimum Gasteiger partial charge on any atom is -0.479 e. The Kier molecular flexibility index (Phi) is 4.22. The Labute approximate surface area is 104 Å². The number of carboxylic acid groups (broad SMARTS) is 1. The zero-order valence-corrected chi connectivity index (χ0v) is 10.9. The molecule has 2 N–H and O–H groups in total. The molecule has 0 aliphatic rings. The fourth-order valence-corrected chi connectivity index (χ4v) is 1.90. The van der Waals surface area contributed by atoms with Crippen molar-refractivity contribution in [2.24, 2.45) is 5.41 Å². The lowest BCUT2D eigenvalue weighted by atomic mass is 9.92. The molecule has 0 fully saturated rings. The van der Waals surface area contributed by atoms with E-state index in [0.717, 1.165) is 0 Å². The molecule has 1 aromatic rings. The number of aromatic nitrogens is 1. The van der Waals surface area contributed by atoms with Gasteiger partial charge in [0.05, 0.1) is 11.2 Å². The lowest BCUT2D eigenvalue weighted by Crippen LogP contribution is -2.35. The number of hydrogen-bond acceptors (Lipinski definition) is 4. The first-order valence-electron chi connectivity index (χ1n) is 5.20. The van der Waals surface area contributed by atoms with Crippen LogP contribution in [0.4, 0.5) is 0 Å². The van der Waals surface area contributed by atoms with Crippen molar-refractivity contribution < 1.29 is 14.7 Å². The zero-order chi connectivity index (χ0) is 13.1. The van der Waals surface area contributed by atoms with Gasteiger partial charge in [-0.3, -0.25) is 4.79 Å². The highest BCUT2D eigenvalue weighted by molar-refractivity contribution is 7.07. The maximum Gasteiger partial charge on any atom is 0.332 e. The number of carbonyl (C=O) groups is 2. The standard InChI is InChI=1S/C11H16N2O3S/c1-11(2,3)4-8(14)13-9(10(15)16)7-5-17-6-12-7/h5-6,9H,4H2,1-3H3,(H,13,14)(H,15,16). The molecule has 0 radical (unpaired) electrons. The average Bonchev–Trinajstić information content (AvgIpc) is 2.63. The van der Waals surface area contributed by atoms with Gasteiger partial charge in [0.2, 0.25) is 5.91 Å². The molecule has 0 bridgehead atoms. The highest BCUT2D eigenvalue weighted by Crippen LogP contribution is 2.20. The number of thiazole rings is 1. The van der Waals surface area contributed by atoms with Gasteiger partial charge in [0.1, 0.15) is 0 Å². The van der Waals surface area contributed by atoms with Gasteiger partial charge in [-0.15, -0.1) is 11.3 Å². The fraction of sp³-hybridized carbons (Fsp3) is 0.545. The Hall–Kier alpha value is -1.43. The molecule has 0 aliphatic heterocycles. The lowest BCUT2D eigenvalue weighted by Gasteiger charge is -2.19. The van der Waals surface area contributed by atoms with Gasteiger partial charge >= 0.3 is 5.97 Å². The third-order valence-corrected chi connectivity index (χ3v) is 2.60. The van der Waals surface area contributed by atoms with E-state index in [1.54, 1.807) is 10.9 Å². The number of nitrogens with one attached hydrogen (secondary N) is 1. The Morgan fingerprint density at radius 3 is 2.59 bits per heavy atom. The van der Waals surface area contributed by atoms with Gasteiger partial charge < -0.3 is 10.4 Å². The summed E-state index contributed by atoms with van der Waals surface area (Å²) >= 11 is 1.30. The molecule has 1 amide bonds. The molecule has 0 aromatic carbocycles. The highest BCUT2D eigenvalue weighted by Gasteiger charge is 2.25. The Bertz CT molecular complexity index is 395. The van der Waals surface area contributed by atoms with Crippen molar-refractivity contribution in [3.8, 4) is 0 Å². The number of carbonyl (C=O) groups excluding carboxylic acids is 1. The predicted octanol–water partition coefficient (Wildman–Crippen LogP) is 1.82. The quantitative estimate of drug-likeness (QED) is 0.861. The van der Waals surface area contributed by atoms with Crippen molar-refractivity contribution in [2.45, 2.75) is 33.2 Å². The molecule has 1 rings (SSSR count). The summed E-state index contributed by atoms with van der Waals surface area (Å²) in [5.74, 6) is -1.38. The SMILES string of the molecule is CC(C)(C)CC(=O)NC(C(=O)O)c1cscn1. The highest BCUT2D eigenvalue weighted by atomic mass is 32.1. The minimum absolute atomic E-state index is 0.171. The van der Waals surface area contributed by atoms with Crippen molar-refractivity contribution in [2.75, 3.05) is 0 Å². The molecule has 0 saturated heterocycles. The second-order valence-electron chi connectivity index (χ2n) is 4.99. The number of rotatable bonds is 4. The van der Waals surface area contributed by atoms with Crippen molar-refractivity contribution in [1.29, 1.82) is 0 Å². The van der Waals surface area contributed by atoms with Gasteiger partial charge in [0, 0.05) is 11.8 Å². The lowest BCUT2D eigenvalue weighted by molar-refractivity contribution is -0.142. The second kappa shape index (κ2) is 5.27. The predicted molar refractivity (Wildman–Crippen MR) is 64.7 cm³/mol. The van der Waals surface area contributed by atoms with E-state index in [1.807, 2.05) is 20.8 Å². The van der Waals surface area contributed by atoms with Crippen LogP contribution in [0, 0.1) is 5.41 Å². The Morgan fingerprint density at radius 1 is 1.53 bits per heavy atom. The number of hydrogen-bond donors (Lipinski definition) is 2. The van der Waals surface area contributed by atoms with Crippen LogP contribution in [0.25, 0.3) is 0 Å². The van der Waals surface area contributed by atoms with E-state index < -0.39 is 12.0 Å². The summed E-state index contributed by atoms with van der Waals surface area (Å²) in [6.07, 6.45) is 0.279. The summed E-state index contributed by atoms with van der Waals surface area (Å²) in [5, 5.41) is 13.1. The topological polar surface area (TPSA) is 79.3 Å². The smallest absolute Gasteiger partial charge is 0.332 e. The van der Waals surface area contributed by atoms with Crippen LogP contribution in [-0.4, -0.2) is 22.0 Å². The van der Waals surface area contributed by atoms with E-state index in [9.17, 15) is 9.59 Å². The molecule has 0 saturated carbocycles. The normalized spacial score (nSPS) is 13.1. The molecule has 1 aromatic heterocycles. The van der Waals surface area contributed by atoms with Crippen LogP contribution in [0.15, 0.2) is 10.9 Å². The van der Waals surface area contributed by atoms with Gasteiger partial charge in [-0.1, -0.05) is 20.8 Å². The Morgan fingerprint density at radius 2 is 2.18 bits per heavy atom. The number of nitrogens with zero attached hydrogens (tertiary/aromatic N) is 1. The van der Waals surface area contributed by atoms with Crippen LogP contribution >= 0.6 is 11.3 Å². The average molecular weight is 256 g/mol. The Balaban J connectivity index is 2.69. The molecule has 17 heavy (non-hydrogen) atoms. The van der Waals surface area contributed by atoms with Gasteiger partial charge in [0.15, 0.2) is 6.04 Å². The van der Waals surface area contributed by atoms with Crippen LogP contribution in [0.2, 0.25) is 0 Å². The monoisotopic (exact) mass is 256 g/mol. The molecule has 1 heterocycles. The summed E-state index contributed by atoms with van der Waals surface area (Å²) in [6, 6.07) is -1.06. The molecule has 0 aliphatic carbocycles. The van der Waals surface area contributed by atoms with Crippen LogP contribution in [0.5, 0.6) is 0 Å². The fourth-order valence-electron chi connectivity index (χ4n) is 1.32. The third-order valence-electron chi connectivity index (χ3n) is 1.99. The molecule has 0 spiro atoms. The first-order chi connectivity index (χ1) is 7.79. The van der Waals surface area contributed by atoms with E-state index in [1.165, 1.54) is 11.3 Å². The zero-order valence-electron chi connectivity index (χ0n) is 10.1. The van der Waals surface area contributed by atoms with Gasteiger partial charge in [-0.05, 0) is 5.41 Å². The van der Waals surface area contributed by atoms with Gasteiger partial charge in [0.25, 0.3) is 0 Å². The number of aliphatic carboxylic acids is 1. The van der Waals surface area contributed by atoms with Crippen molar-refractivity contribution >= 4 is 23.2 Å². The number of carboxylic acids is 1. The summed E-state index contributed by atoms with van der Waals surface area (Å²) < 4.78 is 0. The van der Waals surface area contributed by atoms with Crippen LogP contribution in [-0.2, 0) is 9.59 Å². The largest absolute Gasteiger partial charge is 0.479 e. The molecule has 1 unspecified atom stereocenters. The van der Waals surface area contributed by atoms with E-state index in [2.05, 4.69) is 10.3 Å². The van der Waals surface area contributed by atoms with Crippen molar-refractivity contribution in [1.82, 2.24) is 10.3 Å². The molecular formula is C11H16N2O3S. The third kappa shape index (κ3) is 4.52. The van der Waals surface area contributed by atoms with Crippen LogP contribution < -0.4 is 5.32 Å². The van der Waals surface area contributed by atoms with Crippen LogP contribution in [0.1, 0.15) is 38.9 Å². The summed E-state index contributed by atoms with van der Waals surface area (Å²) in [4.78, 5) is 26.6. The maximum absolute atomic E-state index is 11.7. The molecular weight excluding hydrogens is 240 g/mol. The summed E-state index contributed by atoms with van der Waals surface area (Å²) in [5.41, 5.74) is 1.74. The van der Waals surface area contributed by atoms with Crippen LogP contribution in [0.3, 0.4) is 0 Å². The first-order valence-corrected chi connectivity index (χ1v) is 6.14. The molecule has 94 valence electrons. The van der Waals surface area contributed by atoms with E-state index >= 15 is 0 Å². The molecule has 5 nitrogen and oxygen atoms in total. The van der Waals surface area contributed by atoms with E-state index in [0.29, 0.717) is 5.69 Å². The maximum atomic E-state index is 11.7. The van der Waals surface area contributed by atoms with E-state index in [4.69, 9.17) is 5.11 Å².